The fourth-order valence-electron chi connectivity index (χ4n) is 1.67. The number of amides is 1. The molecule has 0 saturated carbocycles. The van der Waals surface area contributed by atoms with Crippen LogP contribution in [0.3, 0.4) is 0 Å². The number of furan rings is 1. The first kappa shape index (κ1) is 13.5. The maximum Gasteiger partial charge on any atom is 0.254 e. The Kier molecular flexibility index (Phi) is 5.31. The van der Waals surface area contributed by atoms with Crippen molar-refractivity contribution in [3.63, 3.8) is 0 Å². The largest absolute Gasteiger partial charge is 0.457 e. The Hall–Kier alpha value is -0.520. The Morgan fingerprint density at radius 1 is 1.62 bits per heavy atom. The normalized spacial score (nSPS) is 19.9. The lowest BCUT2D eigenvalue weighted by Gasteiger charge is -2.23. The molecule has 1 fully saturated rings. The summed E-state index contributed by atoms with van der Waals surface area (Å²) in [5, 5.41) is 6.22. The summed E-state index contributed by atoms with van der Waals surface area (Å²) >= 11 is 3.17. The van der Waals surface area contributed by atoms with E-state index in [1.54, 1.807) is 6.07 Å². The van der Waals surface area contributed by atoms with Crippen LogP contribution in [0.4, 0.5) is 0 Å². The van der Waals surface area contributed by atoms with Crippen molar-refractivity contribution in [2.75, 3.05) is 13.1 Å². The zero-order valence-corrected chi connectivity index (χ0v) is 11.1. The summed E-state index contributed by atoms with van der Waals surface area (Å²) in [6.45, 7) is 1.90. The van der Waals surface area contributed by atoms with Gasteiger partial charge < -0.3 is 15.1 Å². The summed E-state index contributed by atoms with van der Waals surface area (Å²) in [5.41, 5.74) is 0.562. The van der Waals surface area contributed by atoms with Crippen molar-refractivity contribution < 1.29 is 9.21 Å². The SMILES string of the molecule is Cl.O=C(N[C@H]1CCCNC1)c1coc(Br)c1. The molecule has 1 amide bonds. The van der Waals surface area contributed by atoms with E-state index in [0.717, 1.165) is 25.9 Å². The zero-order chi connectivity index (χ0) is 10.7. The van der Waals surface area contributed by atoms with Crippen LogP contribution in [0.5, 0.6) is 0 Å². The van der Waals surface area contributed by atoms with Crippen LogP contribution in [-0.2, 0) is 0 Å². The molecule has 1 aliphatic rings. The summed E-state index contributed by atoms with van der Waals surface area (Å²) in [5.74, 6) is -0.0712. The number of rotatable bonds is 2. The lowest BCUT2D eigenvalue weighted by Crippen LogP contribution is -2.45. The zero-order valence-electron chi connectivity index (χ0n) is 8.66. The molecule has 6 heteroatoms. The van der Waals surface area contributed by atoms with Gasteiger partial charge in [0.05, 0.1) is 5.56 Å². The summed E-state index contributed by atoms with van der Waals surface area (Å²) in [4.78, 5) is 11.7. The number of carbonyl (C=O) groups excluding carboxylic acids is 1. The third-order valence-electron chi connectivity index (χ3n) is 2.46. The molecule has 1 aromatic rings. The smallest absolute Gasteiger partial charge is 0.254 e. The van der Waals surface area contributed by atoms with Gasteiger partial charge in [0.15, 0.2) is 4.67 Å². The van der Waals surface area contributed by atoms with Gasteiger partial charge in [-0.3, -0.25) is 4.79 Å². The first-order valence-corrected chi connectivity index (χ1v) is 5.80. The highest BCUT2D eigenvalue weighted by Gasteiger charge is 2.17. The minimum Gasteiger partial charge on any atom is -0.457 e. The molecule has 1 atom stereocenters. The van der Waals surface area contributed by atoms with Crippen molar-refractivity contribution in [2.45, 2.75) is 18.9 Å². The molecule has 0 aromatic carbocycles. The highest BCUT2D eigenvalue weighted by Crippen LogP contribution is 2.14. The second kappa shape index (κ2) is 6.27. The van der Waals surface area contributed by atoms with Gasteiger partial charge in [-0.05, 0) is 35.3 Å². The maximum atomic E-state index is 11.7. The highest BCUT2D eigenvalue weighted by atomic mass is 79.9. The third-order valence-corrected chi connectivity index (χ3v) is 2.88. The Morgan fingerprint density at radius 3 is 3.00 bits per heavy atom. The molecule has 0 spiro atoms. The van der Waals surface area contributed by atoms with E-state index in [1.165, 1.54) is 6.26 Å². The first-order chi connectivity index (χ1) is 7.25. The quantitative estimate of drug-likeness (QED) is 0.878. The fraction of sp³-hybridized carbons (Fsp3) is 0.500. The molecular formula is C10H14BrClN2O2. The average molecular weight is 310 g/mol. The van der Waals surface area contributed by atoms with E-state index in [-0.39, 0.29) is 24.4 Å². The number of hydrogen-bond donors (Lipinski definition) is 2. The van der Waals surface area contributed by atoms with Gasteiger partial charge in [0.1, 0.15) is 6.26 Å². The average Bonchev–Trinajstić information content (AvgIpc) is 2.66. The van der Waals surface area contributed by atoms with Gasteiger partial charge >= 0.3 is 0 Å². The Bertz CT molecular complexity index is 350. The monoisotopic (exact) mass is 308 g/mol. The second-order valence-corrected chi connectivity index (χ2v) is 4.44. The van der Waals surface area contributed by atoms with Gasteiger partial charge in [0.2, 0.25) is 0 Å². The van der Waals surface area contributed by atoms with Crippen molar-refractivity contribution in [1.29, 1.82) is 0 Å². The van der Waals surface area contributed by atoms with E-state index in [2.05, 4.69) is 26.6 Å². The van der Waals surface area contributed by atoms with Crippen molar-refractivity contribution >= 4 is 34.2 Å². The van der Waals surface area contributed by atoms with Crippen LogP contribution in [0.25, 0.3) is 0 Å². The summed E-state index contributed by atoms with van der Waals surface area (Å²) in [6.07, 6.45) is 3.60. The molecule has 0 bridgehead atoms. The summed E-state index contributed by atoms with van der Waals surface area (Å²) < 4.78 is 5.59. The first-order valence-electron chi connectivity index (χ1n) is 5.01. The third kappa shape index (κ3) is 3.50. The standard InChI is InChI=1S/C10H13BrN2O2.ClH/c11-9-4-7(6-15-9)10(14)13-8-2-1-3-12-5-8;/h4,6,8,12H,1-3,5H2,(H,13,14);1H/t8-;/m0./s1. The number of carbonyl (C=O) groups is 1. The molecule has 90 valence electrons. The molecule has 0 radical (unpaired) electrons. The fourth-order valence-corrected chi connectivity index (χ4v) is 2.01. The Balaban J connectivity index is 0.00000128. The summed E-state index contributed by atoms with van der Waals surface area (Å²) in [7, 11) is 0. The minimum atomic E-state index is -0.0712. The maximum absolute atomic E-state index is 11.7. The molecule has 0 aliphatic carbocycles. The van der Waals surface area contributed by atoms with Crippen LogP contribution in [0, 0.1) is 0 Å². The molecule has 2 rings (SSSR count). The molecule has 2 N–H and O–H groups in total. The lowest BCUT2D eigenvalue weighted by molar-refractivity contribution is 0.0930. The van der Waals surface area contributed by atoms with E-state index in [1.807, 2.05) is 0 Å². The van der Waals surface area contributed by atoms with Crippen LogP contribution in [-0.4, -0.2) is 25.0 Å². The van der Waals surface area contributed by atoms with Gasteiger partial charge in [0, 0.05) is 18.7 Å². The summed E-state index contributed by atoms with van der Waals surface area (Å²) in [6, 6.07) is 1.91. The molecule has 1 saturated heterocycles. The van der Waals surface area contributed by atoms with Crippen LogP contribution in [0.1, 0.15) is 23.2 Å². The van der Waals surface area contributed by atoms with E-state index in [9.17, 15) is 4.79 Å². The predicted molar refractivity (Wildman–Crippen MR) is 67.0 cm³/mol. The van der Waals surface area contributed by atoms with Crippen LogP contribution in [0.15, 0.2) is 21.4 Å². The molecule has 4 nitrogen and oxygen atoms in total. The van der Waals surface area contributed by atoms with E-state index in [4.69, 9.17) is 4.42 Å². The van der Waals surface area contributed by atoms with Gasteiger partial charge in [-0.2, -0.15) is 0 Å². The second-order valence-electron chi connectivity index (χ2n) is 3.66. The number of hydrogen-bond acceptors (Lipinski definition) is 3. The van der Waals surface area contributed by atoms with Gasteiger partial charge in [-0.1, -0.05) is 0 Å². The number of halogens is 2. The van der Waals surface area contributed by atoms with Crippen LogP contribution in [0.2, 0.25) is 0 Å². The van der Waals surface area contributed by atoms with Crippen LogP contribution >= 0.6 is 28.3 Å². The molecule has 1 aliphatic heterocycles. The van der Waals surface area contributed by atoms with Crippen molar-refractivity contribution in [3.05, 3.63) is 22.6 Å². The Labute approximate surface area is 109 Å². The topological polar surface area (TPSA) is 54.3 Å². The molecule has 1 aromatic heterocycles. The van der Waals surface area contributed by atoms with E-state index in [0.29, 0.717) is 10.2 Å². The minimum absolute atomic E-state index is 0. The van der Waals surface area contributed by atoms with Crippen molar-refractivity contribution in [1.82, 2.24) is 10.6 Å². The van der Waals surface area contributed by atoms with Crippen molar-refractivity contribution in [3.8, 4) is 0 Å². The van der Waals surface area contributed by atoms with Gasteiger partial charge in [0.25, 0.3) is 5.91 Å². The predicted octanol–water partition coefficient (Wildman–Crippen LogP) is 1.95. The Morgan fingerprint density at radius 2 is 2.44 bits per heavy atom. The van der Waals surface area contributed by atoms with Crippen LogP contribution < -0.4 is 10.6 Å². The van der Waals surface area contributed by atoms with E-state index >= 15 is 0 Å². The lowest BCUT2D eigenvalue weighted by atomic mass is 10.1. The van der Waals surface area contributed by atoms with Gasteiger partial charge in [-0.15, -0.1) is 12.4 Å². The van der Waals surface area contributed by atoms with Gasteiger partial charge in [-0.25, -0.2) is 0 Å². The highest BCUT2D eigenvalue weighted by molar-refractivity contribution is 9.10. The number of piperidine rings is 1. The molecule has 16 heavy (non-hydrogen) atoms. The number of nitrogens with one attached hydrogen (secondary N) is 2. The molecule has 2 heterocycles. The van der Waals surface area contributed by atoms with E-state index < -0.39 is 0 Å². The molecular weight excluding hydrogens is 295 g/mol. The van der Waals surface area contributed by atoms with Crippen molar-refractivity contribution in [2.24, 2.45) is 0 Å². The molecule has 0 unspecified atom stereocenters.